The van der Waals surface area contributed by atoms with E-state index >= 15 is 0 Å². The summed E-state index contributed by atoms with van der Waals surface area (Å²) in [6.45, 7) is 3.62. The highest BCUT2D eigenvalue weighted by atomic mass is 16.6. The molecule has 3 aromatic rings. The molecule has 0 aliphatic carbocycles. The van der Waals surface area contributed by atoms with E-state index in [9.17, 15) is 9.59 Å². The molecule has 0 saturated carbocycles. The van der Waals surface area contributed by atoms with E-state index in [0.717, 1.165) is 11.1 Å². The van der Waals surface area contributed by atoms with Crippen molar-refractivity contribution >= 4 is 17.8 Å². The van der Waals surface area contributed by atoms with Gasteiger partial charge < -0.3 is 9.64 Å². The molecule has 0 N–H and O–H groups in total. The highest BCUT2D eigenvalue weighted by Gasteiger charge is 2.46. The molecule has 2 aromatic carbocycles. The number of carbonyl (C=O) groups is 2. The fourth-order valence-electron chi connectivity index (χ4n) is 4.45. The summed E-state index contributed by atoms with van der Waals surface area (Å²) in [6, 6.07) is 25.1. The van der Waals surface area contributed by atoms with E-state index in [1.807, 2.05) is 85.8 Å². The van der Waals surface area contributed by atoms with Crippen molar-refractivity contribution < 1.29 is 14.3 Å². The smallest absolute Gasteiger partial charge is 0.410 e. The number of carbonyl (C=O) groups excluding carboxylic acids is 2. The average molecular weight is 444 g/mol. The maximum absolute atomic E-state index is 14.0. The summed E-state index contributed by atoms with van der Waals surface area (Å²) in [5.41, 5.74) is 1.21. The van der Waals surface area contributed by atoms with Crippen LogP contribution >= 0.6 is 0 Å². The molecule has 0 unspecified atom stereocenters. The Kier molecular flexibility index (Phi) is 7.03. The second-order valence-electron chi connectivity index (χ2n) is 8.21. The Bertz CT molecular complexity index is 1050. The number of hydrogen-bond donors (Lipinski definition) is 0. The van der Waals surface area contributed by atoms with Crippen LogP contribution in [0.2, 0.25) is 0 Å². The number of hydrogen-bond acceptors (Lipinski definition) is 4. The van der Waals surface area contributed by atoms with Crippen LogP contribution in [0.25, 0.3) is 0 Å². The van der Waals surface area contributed by atoms with Crippen LogP contribution in [0.15, 0.2) is 85.1 Å². The summed E-state index contributed by atoms with van der Waals surface area (Å²) >= 11 is 0. The summed E-state index contributed by atoms with van der Waals surface area (Å²) in [5, 5.41) is 0. The van der Waals surface area contributed by atoms with Crippen molar-refractivity contribution in [1.82, 2.24) is 9.88 Å². The fraction of sp³-hybridized carbons (Fsp3) is 0.296. The molecular formula is C27H29N3O3. The van der Waals surface area contributed by atoms with Crippen molar-refractivity contribution in [3.8, 4) is 0 Å². The minimum Gasteiger partial charge on any atom is -0.445 e. The number of ether oxygens (including phenoxy) is 1. The molecule has 1 saturated heterocycles. The quantitative estimate of drug-likeness (QED) is 0.549. The molecule has 0 spiro atoms. The van der Waals surface area contributed by atoms with Gasteiger partial charge in [0.05, 0.1) is 5.41 Å². The Labute approximate surface area is 194 Å². The number of pyridine rings is 1. The predicted molar refractivity (Wildman–Crippen MR) is 128 cm³/mol. The van der Waals surface area contributed by atoms with Crippen molar-refractivity contribution in [3.63, 3.8) is 0 Å². The van der Waals surface area contributed by atoms with Crippen LogP contribution < -0.4 is 4.90 Å². The predicted octanol–water partition coefficient (Wildman–Crippen LogP) is 4.81. The molecule has 1 aliphatic heterocycles. The Morgan fingerprint density at radius 2 is 1.58 bits per heavy atom. The lowest BCUT2D eigenvalue weighted by Crippen LogP contribution is -2.54. The molecule has 0 radical (unpaired) electrons. The lowest BCUT2D eigenvalue weighted by molar-refractivity contribution is -0.126. The Balaban J connectivity index is 1.52. The second kappa shape index (κ2) is 10.3. The first-order valence-electron chi connectivity index (χ1n) is 11.4. The van der Waals surface area contributed by atoms with Gasteiger partial charge in [0.2, 0.25) is 5.91 Å². The Morgan fingerprint density at radius 1 is 0.939 bits per heavy atom. The molecule has 2 amide bonds. The van der Waals surface area contributed by atoms with Gasteiger partial charge in [0.1, 0.15) is 12.4 Å². The number of piperidine rings is 1. The maximum atomic E-state index is 14.0. The SMILES string of the molecule is CCN(C(=O)C1(c2ccccc2)CCN(C(=O)OCc2ccccc2)CC1)c1ccccn1. The molecule has 4 rings (SSSR count). The van der Waals surface area contributed by atoms with Gasteiger partial charge in [-0.05, 0) is 43.0 Å². The number of likely N-dealkylation sites (N-methyl/N-ethyl adjacent to an activating group) is 1. The highest BCUT2D eigenvalue weighted by Crippen LogP contribution is 2.38. The first kappa shape index (κ1) is 22.5. The minimum atomic E-state index is -0.717. The van der Waals surface area contributed by atoms with Crippen molar-refractivity contribution in [3.05, 3.63) is 96.2 Å². The van der Waals surface area contributed by atoms with Crippen LogP contribution in [0.3, 0.4) is 0 Å². The van der Waals surface area contributed by atoms with E-state index < -0.39 is 5.41 Å². The second-order valence-corrected chi connectivity index (χ2v) is 8.21. The van der Waals surface area contributed by atoms with Gasteiger partial charge in [-0.15, -0.1) is 0 Å². The zero-order chi connectivity index (χ0) is 23.1. The lowest BCUT2D eigenvalue weighted by Gasteiger charge is -2.42. The van der Waals surface area contributed by atoms with Crippen LogP contribution in [0.1, 0.15) is 30.9 Å². The number of benzene rings is 2. The number of aromatic nitrogens is 1. The van der Waals surface area contributed by atoms with Crippen molar-refractivity contribution in [1.29, 1.82) is 0 Å². The van der Waals surface area contributed by atoms with E-state index in [-0.39, 0.29) is 18.6 Å². The van der Waals surface area contributed by atoms with Crippen molar-refractivity contribution in [2.24, 2.45) is 0 Å². The maximum Gasteiger partial charge on any atom is 0.410 e. The summed E-state index contributed by atoms with van der Waals surface area (Å²) in [5.74, 6) is 0.664. The molecule has 170 valence electrons. The topological polar surface area (TPSA) is 62.7 Å². The largest absolute Gasteiger partial charge is 0.445 e. The van der Waals surface area contributed by atoms with Gasteiger partial charge in [-0.2, -0.15) is 0 Å². The third-order valence-electron chi connectivity index (χ3n) is 6.30. The van der Waals surface area contributed by atoms with E-state index in [0.29, 0.717) is 38.3 Å². The number of likely N-dealkylation sites (tertiary alicyclic amines) is 1. The minimum absolute atomic E-state index is 0.0206. The van der Waals surface area contributed by atoms with Gasteiger partial charge >= 0.3 is 6.09 Å². The molecule has 0 atom stereocenters. The van der Waals surface area contributed by atoms with E-state index in [2.05, 4.69) is 4.98 Å². The summed E-state index contributed by atoms with van der Waals surface area (Å²) in [7, 11) is 0. The van der Waals surface area contributed by atoms with Crippen LogP contribution in [0.4, 0.5) is 10.6 Å². The molecule has 1 aliphatic rings. The molecule has 6 nitrogen and oxygen atoms in total. The molecule has 6 heteroatoms. The van der Waals surface area contributed by atoms with Crippen LogP contribution in [-0.4, -0.2) is 41.5 Å². The van der Waals surface area contributed by atoms with Crippen LogP contribution in [0.5, 0.6) is 0 Å². The van der Waals surface area contributed by atoms with Gasteiger partial charge in [-0.3, -0.25) is 9.69 Å². The third kappa shape index (κ3) is 4.90. The monoisotopic (exact) mass is 443 g/mol. The molecule has 2 heterocycles. The zero-order valence-electron chi connectivity index (χ0n) is 18.9. The zero-order valence-corrected chi connectivity index (χ0v) is 18.9. The van der Waals surface area contributed by atoms with Gasteiger partial charge in [0.25, 0.3) is 0 Å². The number of rotatable bonds is 6. The van der Waals surface area contributed by atoms with Crippen molar-refractivity contribution in [2.45, 2.75) is 31.8 Å². The van der Waals surface area contributed by atoms with Crippen LogP contribution in [0, 0.1) is 0 Å². The van der Waals surface area contributed by atoms with E-state index in [1.54, 1.807) is 16.0 Å². The molecule has 33 heavy (non-hydrogen) atoms. The standard InChI is InChI=1S/C27H29N3O3/c1-2-30(24-15-9-10-18-28-24)25(31)27(23-13-7-4-8-14-23)16-19-29(20-17-27)26(32)33-21-22-11-5-3-6-12-22/h3-15,18H,2,16-17,19-21H2,1H3. The number of nitrogens with zero attached hydrogens (tertiary/aromatic N) is 3. The number of anilines is 1. The van der Waals surface area contributed by atoms with E-state index in [1.165, 1.54) is 0 Å². The molecule has 1 aromatic heterocycles. The van der Waals surface area contributed by atoms with Gasteiger partial charge in [-0.25, -0.2) is 9.78 Å². The summed E-state index contributed by atoms with van der Waals surface area (Å²) in [6.07, 6.45) is 2.41. The summed E-state index contributed by atoms with van der Waals surface area (Å²) < 4.78 is 5.52. The first-order chi connectivity index (χ1) is 16.1. The first-order valence-corrected chi connectivity index (χ1v) is 11.4. The molecular weight excluding hydrogens is 414 g/mol. The van der Waals surface area contributed by atoms with Crippen LogP contribution in [-0.2, 0) is 21.6 Å². The van der Waals surface area contributed by atoms with Gasteiger partial charge in [-0.1, -0.05) is 66.7 Å². The fourth-order valence-corrected chi connectivity index (χ4v) is 4.45. The average Bonchev–Trinajstić information content (AvgIpc) is 2.89. The molecule has 0 bridgehead atoms. The normalized spacial score (nSPS) is 15.0. The Hall–Kier alpha value is -3.67. The third-order valence-corrected chi connectivity index (χ3v) is 6.30. The number of amides is 2. The Morgan fingerprint density at radius 3 is 2.18 bits per heavy atom. The van der Waals surface area contributed by atoms with E-state index in [4.69, 9.17) is 4.74 Å². The summed E-state index contributed by atoms with van der Waals surface area (Å²) in [4.78, 5) is 34.5. The van der Waals surface area contributed by atoms with Gasteiger partial charge in [0, 0.05) is 25.8 Å². The lowest BCUT2D eigenvalue weighted by atomic mass is 9.71. The molecule has 1 fully saturated rings. The van der Waals surface area contributed by atoms with Gasteiger partial charge in [0.15, 0.2) is 0 Å². The highest BCUT2D eigenvalue weighted by molar-refractivity contribution is 6.00. The van der Waals surface area contributed by atoms with Crippen molar-refractivity contribution in [2.75, 3.05) is 24.5 Å².